The number of benzene rings is 1. The van der Waals surface area contributed by atoms with Gasteiger partial charge in [-0.3, -0.25) is 4.79 Å². The predicted octanol–water partition coefficient (Wildman–Crippen LogP) is 3.21. The van der Waals surface area contributed by atoms with Crippen molar-refractivity contribution < 1.29 is 4.79 Å². The predicted molar refractivity (Wildman–Crippen MR) is 107 cm³/mol. The topological polar surface area (TPSA) is 66.8 Å². The SMILES string of the molecule is O=C(c1cccc2c3c([nH]c12)CCCC3)N1CCc2nc(C3CC3)nn2CC1. The van der Waals surface area contributed by atoms with Gasteiger partial charge < -0.3 is 9.88 Å². The van der Waals surface area contributed by atoms with Gasteiger partial charge in [0.25, 0.3) is 5.91 Å². The van der Waals surface area contributed by atoms with Crippen molar-refractivity contribution in [2.75, 3.05) is 13.1 Å². The van der Waals surface area contributed by atoms with Crippen molar-refractivity contribution in [1.82, 2.24) is 24.6 Å². The first-order valence-corrected chi connectivity index (χ1v) is 10.6. The van der Waals surface area contributed by atoms with E-state index >= 15 is 0 Å². The highest BCUT2D eigenvalue weighted by atomic mass is 16.2. The minimum atomic E-state index is 0.123. The molecule has 0 unspecified atom stereocenters. The molecule has 6 heteroatoms. The maximum absolute atomic E-state index is 13.4. The Morgan fingerprint density at radius 2 is 1.96 bits per heavy atom. The average Bonchev–Trinajstić information content (AvgIpc) is 3.44. The van der Waals surface area contributed by atoms with Gasteiger partial charge in [0.2, 0.25) is 0 Å². The summed E-state index contributed by atoms with van der Waals surface area (Å²) < 4.78 is 2.02. The van der Waals surface area contributed by atoms with Gasteiger partial charge in [-0.25, -0.2) is 9.67 Å². The number of amides is 1. The highest BCUT2D eigenvalue weighted by Crippen LogP contribution is 2.38. The summed E-state index contributed by atoms with van der Waals surface area (Å²) in [5.41, 5.74) is 4.58. The number of hydrogen-bond acceptors (Lipinski definition) is 3. The number of fused-ring (bicyclic) bond motifs is 4. The monoisotopic (exact) mass is 375 g/mol. The van der Waals surface area contributed by atoms with E-state index in [1.807, 2.05) is 21.7 Å². The van der Waals surface area contributed by atoms with Gasteiger partial charge in [0.15, 0.2) is 5.82 Å². The Morgan fingerprint density at radius 3 is 2.86 bits per heavy atom. The number of aryl methyl sites for hydroxylation is 2. The maximum Gasteiger partial charge on any atom is 0.256 e. The molecule has 1 saturated carbocycles. The van der Waals surface area contributed by atoms with E-state index in [1.54, 1.807) is 0 Å². The fourth-order valence-electron chi connectivity index (χ4n) is 4.82. The summed E-state index contributed by atoms with van der Waals surface area (Å²) in [5.74, 6) is 2.74. The summed E-state index contributed by atoms with van der Waals surface area (Å²) in [4.78, 5) is 23.7. The molecule has 0 radical (unpaired) electrons. The summed E-state index contributed by atoms with van der Waals surface area (Å²) in [6, 6.07) is 6.16. The molecule has 0 atom stereocenters. The van der Waals surface area contributed by atoms with Gasteiger partial charge in [-0.2, -0.15) is 5.10 Å². The zero-order valence-electron chi connectivity index (χ0n) is 16.1. The fourth-order valence-corrected chi connectivity index (χ4v) is 4.82. The Kier molecular flexibility index (Phi) is 3.61. The first kappa shape index (κ1) is 16.3. The Balaban J connectivity index is 1.28. The highest BCUT2D eigenvalue weighted by molar-refractivity contribution is 6.06. The molecule has 1 aliphatic heterocycles. The van der Waals surface area contributed by atoms with Crippen molar-refractivity contribution in [3.8, 4) is 0 Å². The number of carbonyl (C=O) groups excluding carboxylic acids is 1. The third-order valence-corrected chi connectivity index (χ3v) is 6.55. The fraction of sp³-hybridized carbons (Fsp3) is 0.500. The number of H-pyrrole nitrogens is 1. The van der Waals surface area contributed by atoms with E-state index in [0.717, 1.165) is 48.5 Å². The zero-order chi connectivity index (χ0) is 18.7. The van der Waals surface area contributed by atoms with Crippen LogP contribution in [0.2, 0.25) is 0 Å². The molecule has 0 bridgehead atoms. The van der Waals surface area contributed by atoms with E-state index < -0.39 is 0 Å². The van der Waals surface area contributed by atoms with E-state index in [4.69, 9.17) is 10.1 Å². The Labute approximate surface area is 163 Å². The standard InChI is InChI=1S/C22H25N5O/c28-22(17-6-3-5-16-15-4-1-2-7-18(15)23-20(16)17)26-11-10-19-24-21(14-8-9-14)25-27(19)13-12-26/h3,5-6,14,23H,1-2,4,7-13H2. The number of para-hydroxylation sites is 1. The summed E-state index contributed by atoms with van der Waals surface area (Å²) in [5, 5.41) is 5.93. The number of aromatic nitrogens is 4. The average molecular weight is 375 g/mol. The van der Waals surface area contributed by atoms with Gasteiger partial charge in [-0.05, 0) is 50.2 Å². The molecule has 0 saturated heterocycles. The molecule has 144 valence electrons. The van der Waals surface area contributed by atoms with E-state index in [2.05, 4.69) is 11.1 Å². The second-order valence-corrected chi connectivity index (χ2v) is 8.44. The zero-order valence-corrected chi connectivity index (χ0v) is 16.1. The summed E-state index contributed by atoms with van der Waals surface area (Å²) in [6.45, 7) is 2.13. The van der Waals surface area contributed by atoms with Crippen LogP contribution in [0.15, 0.2) is 18.2 Å². The van der Waals surface area contributed by atoms with Crippen LogP contribution in [-0.2, 0) is 25.8 Å². The number of nitrogens with zero attached hydrogens (tertiary/aromatic N) is 4. The third kappa shape index (κ3) is 2.58. The molecule has 3 aromatic rings. The van der Waals surface area contributed by atoms with Crippen molar-refractivity contribution >= 4 is 16.8 Å². The van der Waals surface area contributed by atoms with Crippen LogP contribution in [0, 0.1) is 0 Å². The van der Waals surface area contributed by atoms with Crippen LogP contribution < -0.4 is 0 Å². The van der Waals surface area contributed by atoms with E-state index in [0.29, 0.717) is 19.0 Å². The van der Waals surface area contributed by atoms with Crippen LogP contribution in [0.25, 0.3) is 10.9 Å². The Bertz CT molecular complexity index is 1050. The van der Waals surface area contributed by atoms with Gasteiger partial charge in [-0.15, -0.1) is 0 Å². The van der Waals surface area contributed by atoms with Crippen LogP contribution in [0.3, 0.4) is 0 Å². The molecular weight excluding hydrogens is 350 g/mol. The quantitative estimate of drug-likeness (QED) is 0.748. The van der Waals surface area contributed by atoms with Crippen molar-refractivity contribution in [3.05, 3.63) is 46.7 Å². The Morgan fingerprint density at radius 1 is 1.07 bits per heavy atom. The molecule has 3 heterocycles. The first-order chi connectivity index (χ1) is 13.8. The van der Waals surface area contributed by atoms with Gasteiger partial charge >= 0.3 is 0 Å². The largest absolute Gasteiger partial charge is 0.358 e. The highest BCUT2D eigenvalue weighted by Gasteiger charge is 2.30. The molecule has 6 rings (SSSR count). The molecule has 6 nitrogen and oxygen atoms in total. The molecule has 2 aliphatic carbocycles. The first-order valence-electron chi connectivity index (χ1n) is 10.6. The molecule has 1 N–H and O–H groups in total. The Hall–Kier alpha value is -2.63. The summed E-state index contributed by atoms with van der Waals surface area (Å²) >= 11 is 0. The molecule has 28 heavy (non-hydrogen) atoms. The van der Waals surface area contributed by atoms with Gasteiger partial charge in [0, 0.05) is 36.5 Å². The van der Waals surface area contributed by atoms with Crippen LogP contribution in [0.4, 0.5) is 0 Å². The molecule has 0 spiro atoms. The lowest BCUT2D eigenvalue weighted by molar-refractivity contribution is 0.0760. The van der Waals surface area contributed by atoms with Crippen molar-refractivity contribution in [3.63, 3.8) is 0 Å². The second kappa shape index (κ2) is 6.19. The molecule has 1 aromatic carbocycles. The maximum atomic E-state index is 13.4. The lowest BCUT2D eigenvalue weighted by atomic mass is 9.95. The number of rotatable bonds is 2. The number of hydrogen-bond donors (Lipinski definition) is 1. The minimum absolute atomic E-state index is 0.123. The molecule has 1 amide bonds. The van der Waals surface area contributed by atoms with Crippen LogP contribution in [0.5, 0.6) is 0 Å². The van der Waals surface area contributed by atoms with Crippen molar-refractivity contribution in [2.45, 2.75) is 57.4 Å². The van der Waals surface area contributed by atoms with Crippen LogP contribution in [0.1, 0.15) is 64.9 Å². The van der Waals surface area contributed by atoms with Crippen LogP contribution >= 0.6 is 0 Å². The minimum Gasteiger partial charge on any atom is -0.358 e. The van der Waals surface area contributed by atoms with E-state index in [9.17, 15) is 4.79 Å². The van der Waals surface area contributed by atoms with Crippen molar-refractivity contribution in [1.29, 1.82) is 0 Å². The summed E-state index contributed by atoms with van der Waals surface area (Å²) in [6.07, 6.45) is 7.91. The molecule has 3 aliphatic rings. The number of nitrogens with one attached hydrogen (secondary N) is 1. The van der Waals surface area contributed by atoms with E-state index in [1.165, 1.54) is 42.3 Å². The normalized spacial score (nSPS) is 19.4. The van der Waals surface area contributed by atoms with Gasteiger partial charge in [0.05, 0.1) is 17.6 Å². The number of aromatic amines is 1. The van der Waals surface area contributed by atoms with Gasteiger partial charge in [0.1, 0.15) is 5.82 Å². The molecule has 2 aromatic heterocycles. The smallest absolute Gasteiger partial charge is 0.256 e. The lowest BCUT2D eigenvalue weighted by Crippen LogP contribution is -2.34. The second-order valence-electron chi connectivity index (χ2n) is 8.44. The molecule has 1 fully saturated rings. The molecular formula is C22H25N5O. The third-order valence-electron chi connectivity index (χ3n) is 6.55. The van der Waals surface area contributed by atoms with E-state index in [-0.39, 0.29) is 5.91 Å². The van der Waals surface area contributed by atoms with Gasteiger partial charge in [-0.1, -0.05) is 12.1 Å². The van der Waals surface area contributed by atoms with Crippen molar-refractivity contribution in [2.24, 2.45) is 0 Å². The number of carbonyl (C=O) groups is 1. The van der Waals surface area contributed by atoms with Crippen LogP contribution in [-0.4, -0.2) is 43.6 Å². The lowest BCUT2D eigenvalue weighted by Gasteiger charge is -2.20. The summed E-state index contributed by atoms with van der Waals surface area (Å²) in [7, 11) is 0.